The number of benzene rings is 2. The fourth-order valence-electron chi connectivity index (χ4n) is 5.71. The Balaban J connectivity index is 0.000000201. The third kappa shape index (κ3) is 4.84. The van der Waals surface area contributed by atoms with Crippen molar-refractivity contribution < 1.29 is 18.9 Å². The first-order valence-corrected chi connectivity index (χ1v) is 15.0. The fourth-order valence-corrected chi connectivity index (χ4v) is 6.06. The summed E-state index contributed by atoms with van der Waals surface area (Å²) in [5, 5.41) is 0. The number of amides is 2. The maximum Gasteiger partial charge on any atom is 0.494 e. The summed E-state index contributed by atoms with van der Waals surface area (Å²) < 4.78 is 13.3. The maximum absolute atomic E-state index is 12.8. The largest absolute Gasteiger partial charge is 0.494 e. The molecule has 0 spiro atoms. The summed E-state index contributed by atoms with van der Waals surface area (Å²) in [5.41, 5.74) is 3.53. The number of carbonyl (C=O) groups is 2. The number of rotatable bonds is 3. The summed E-state index contributed by atoms with van der Waals surface area (Å²) in [5.74, 6) is 0.342. The monoisotopic (exact) mass is 610 g/mol. The van der Waals surface area contributed by atoms with Gasteiger partial charge in [-0.3, -0.25) is 9.59 Å². The summed E-state index contributed by atoms with van der Waals surface area (Å²) in [6.45, 7) is 24.3. The van der Waals surface area contributed by atoms with Gasteiger partial charge in [-0.2, -0.15) is 0 Å². The third-order valence-electron chi connectivity index (χ3n) is 8.91. The number of carbonyl (C=O) groups excluding carboxylic acids is 2. The van der Waals surface area contributed by atoms with E-state index >= 15 is 0 Å². The van der Waals surface area contributed by atoms with Gasteiger partial charge < -0.3 is 19.1 Å². The second kappa shape index (κ2) is 9.99. The van der Waals surface area contributed by atoms with Crippen LogP contribution in [0.25, 0.3) is 0 Å². The van der Waals surface area contributed by atoms with E-state index in [-0.39, 0.29) is 35.1 Å². The van der Waals surface area contributed by atoms with E-state index in [9.17, 15) is 9.59 Å². The van der Waals surface area contributed by atoms with E-state index in [0.29, 0.717) is 0 Å². The molecule has 2 amide bonds. The topological polar surface area (TPSA) is 59.1 Å². The van der Waals surface area contributed by atoms with Crippen LogP contribution >= 0.6 is 15.9 Å². The van der Waals surface area contributed by atoms with Crippen molar-refractivity contribution in [1.29, 1.82) is 0 Å². The van der Waals surface area contributed by atoms with E-state index in [1.54, 1.807) is 0 Å². The number of halogens is 1. The van der Waals surface area contributed by atoms with Gasteiger partial charge in [-0.05, 0) is 118 Å². The molecular weight excluding hydrogens is 567 g/mol. The maximum atomic E-state index is 12.8. The molecule has 0 aliphatic carbocycles. The van der Waals surface area contributed by atoms with Crippen molar-refractivity contribution in [2.45, 2.75) is 117 Å². The number of hydrogen-bond donors (Lipinski definition) is 0. The van der Waals surface area contributed by atoms with Crippen LogP contribution in [0.4, 0.5) is 11.4 Å². The Bertz CT molecular complexity index is 1330. The van der Waals surface area contributed by atoms with Crippen LogP contribution in [0.15, 0.2) is 40.9 Å². The van der Waals surface area contributed by atoms with Crippen LogP contribution in [0, 0.1) is 0 Å². The zero-order valence-electron chi connectivity index (χ0n) is 26.1. The van der Waals surface area contributed by atoms with Crippen LogP contribution in [0.5, 0.6) is 0 Å². The lowest BCUT2D eigenvalue weighted by Crippen LogP contribution is -2.41. The first kappa shape index (κ1) is 30.8. The van der Waals surface area contributed by atoms with Crippen molar-refractivity contribution in [2.75, 3.05) is 9.80 Å². The summed E-state index contributed by atoms with van der Waals surface area (Å²) in [6.07, 6.45) is 0. The number of nitrogens with zero attached hydrogens (tertiary/aromatic N) is 2. The third-order valence-corrected chi connectivity index (χ3v) is 9.41. The summed E-state index contributed by atoms with van der Waals surface area (Å²) in [7, 11) is -0.409. The van der Waals surface area contributed by atoms with Crippen LogP contribution in [0.1, 0.15) is 94.2 Å². The van der Waals surface area contributed by atoms with Crippen molar-refractivity contribution in [3.05, 3.63) is 52.0 Å². The first-order valence-electron chi connectivity index (χ1n) is 14.2. The number of fused-ring (bicyclic) bond motifs is 2. The zero-order chi connectivity index (χ0) is 30.2. The molecule has 0 unspecified atom stereocenters. The molecule has 2 aromatic carbocycles. The van der Waals surface area contributed by atoms with Gasteiger partial charge in [0.25, 0.3) is 0 Å². The van der Waals surface area contributed by atoms with Crippen LogP contribution in [0.3, 0.4) is 0 Å². The molecule has 0 N–H and O–H groups in total. The lowest BCUT2D eigenvalue weighted by atomic mass is 9.77. The van der Waals surface area contributed by atoms with Gasteiger partial charge in [0.2, 0.25) is 11.8 Å². The molecule has 5 rings (SSSR count). The highest BCUT2D eigenvalue weighted by Gasteiger charge is 2.53. The van der Waals surface area contributed by atoms with Gasteiger partial charge in [-0.25, -0.2) is 0 Å². The lowest BCUT2D eigenvalue weighted by molar-refractivity contribution is -0.123. The molecule has 0 saturated carbocycles. The van der Waals surface area contributed by atoms with E-state index in [1.807, 2.05) is 117 Å². The minimum absolute atomic E-state index is 0.117. The van der Waals surface area contributed by atoms with Crippen LogP contribution in [-0.4, -0.2) is 42.2 Å². The van der Waals surface area contributed by atoms with Crippen molar-refractivity contribution >= 4 is 51.7 Å². The second-order valence-electron chi connectivity index (χ2n) is 13.8. The van der Waals surface area contributed by atoms with Crippen molar-refractivity contribution in [1.82, 2.24) is 0 Å². The van der Waals surface area contributed by atoms with Gasteiger partial charge in [0.1, 0.15) is 0 Å². The van der Waals surface area contributed by atoms with E-state index in [0.717, 1.165) is 32.4 Å². The standard InChI is InChI=1S/C19H28BNO3.C13H16BrNO/c1-12(2)21-15-11-13(9-10-14(15)17(3,4)16(21)22)20-23-18(5,6)19(7,8)24-20;1-8(2)15-11-7-9(14)5-6-10(11)13(3,4)12(15)16/h9-12H,1-8H3;5-8H,1-4H3. The Kier molecular flexibility index (Phi) is 7.69. The van der Waals surface area contributed by atoms with Gasteiger partial charge in [0.05, 0.1) is 22.0 Å². The Labute approximate surface area is 249 Å². The number of hydrogen-bond acceptors (Lipinski definition) is 4. The Morgan fingerprint density at radius 2 is 1.07 bits per heavy atom. The van der Waals surface area contributed by atoms with Crippen LogP contribution < -0.4 is 15.3 Å². The van der Waals surface area contributed by atoms with Crippen LogP contribution in [-0.2, 0) is 29.7 Å². The molecule has 0 atom stereocenters. The van der Waals surface area contributed by atoms with Gasteiger partial charge in [0.15, 0.2) is 0 Å². The molecular formula is C32H44BBrN2O4. The smallest absolute Gasteiger partial charge is 0.399 e. The second-order valence-corrected chi connectivity index (χ2v) is 14.7. The molecule has 1 saturated heterocycles. The van der Waals surface area contributed by atoms with Crippen molar-refractivity contribution in [3.8, 4) is 0 Å². The highest BCUT2D eigenvalue weighted by atomic mass is 79.9. The van der Waals surface area contributed by atoms with E-state index in [4.69, 9.17) is 9.31 Å². The van der Waals surface area contributed by atoms with Gasteiger partial charge in [-0.15, -0.1) is 0 Å². The van der Waals surface area contributed by atoms with Gasteiger partial charge in [0, 0.05) is 27.9 Å². The van der Waals surface area contributed by atoms with Gasteiger partial charge in [-0.1, -0.05) is 34.1 Å². The molecule has 3 aliphatic rings. The summed E-state index contributed by atoms with van der Waals surface area (Å²) in [4.78, 5) is 29.0. The molecule has 0 bridgehead atoms. The van der Waals surface area contributed by atoms with Gasteiger partial charge >= 0.3 is 7.12 Å². The molecule has 1 fully saturated rings. The zero-order valence-corrected chi connectivity index (χ0v) is 27.7. The number of anilines is 2. The SMILES string of the molecule is CC(C)N1C(=O)C(C)(C)c2ccc(B3OC(C)(C)C(C)(C)O3)cc21.CC(C)N1C(=O)C(C)(C)c2ccc(Br)cc21. The predicted molar refractivity (Wildman–Crippen MR) is 168 cm³/mol. The Morgan fingerprint density at radius 1 is 0.675 bits per heavy atom. The van der Waals surface area contributed by atoms with Crippen molar-refractivity contribution in [3.63, 3.8) is 0 Å². The molecule has 3 aliphatic heterocycles. The Hall–Kier alpha value is -2.16. The summed E-state index contributed by atoms with van der Waals surface area (Å²) in [6, 6.07) is 12.5. The average molecular weight is 611 g/mol. The highest BCUT2D eigenvalue weighted by Crippen LogP contribution is 2.44. The predicted octanol–water partition coefficient (Wildman–Crippen LogP) is 6.50. The molecule has 6 nitrogen and oxygen atoms in total. The molecule has 0 aromatic heterocycles. The molecule has 40 heavy (non-hydrogen) atoms. The first-order chi connectivity index (χ1) is 18.2. The van der Waals surface area contributed by atoms with Crippen LogP contribution in [0.2, 0.25) is 0 Å². The molecule has 0 radical (unpaired) electrons. The minimum Gasteiger partial charge on any atom is -0.399 e. The Morgan fingerprint density at radius 3 is 1.50 bits per heavy atom. The normalized spacial score (nSPS) is 21.6. The minimum atomic E-state index is -0.492. The molecule has 8 heteroatoms. The van der Waals surface area contributed by atoms with Crippen molar-refractivity contribution in [2.24, 2.45) is 0 Å². The lowest BCUT2D eigenvalue weighted by Gasteiger charge is -2.32. The summed E-state index contributed by atoms with van der Waals surface area (Å²) >= 11 is 3.46. The van der Waals surface area contributed by atoms with E-state index in [1.165, 1.54) is 0 Å². The molecule has 3 heterocycles. The van der Waals surface area contributed by atoms with E-state index in [2.05, 4.69) is 28.1 Å². The highest BCUT2D eigenvalue weighted by molar-refractivity contribution is 9.10. The molecule has 2 aromatic rings. The van der Waals surface area contributed by atoms with E-state index < -0.39 is 17.9 Å². The molecule has 216 valence electrons. The quantitative estimate of drug-likeness (QED) is 0.372. The average Bonchev–Trinajstić information content (AvgIpc) is 3.26. The fraction of sp³-hybridized carbons (Fsp3) is 0.562.